The fraction of sp³-hybridized carbons (Fsp3) is 0.0345. The van der Waals surface area contributed by atoms with E-state index in [1.165, 1.54) is 37.8 Å². The Morgan fingerprint density at radius 3 is 1.61 bits per heavy atom. The summed E-state index contributed by atoms with van der Waals surface area (Å²) in [4.78, 5) is 0. The van der Waals surface area contributed by atoms with Gasteiger partial charge in [-0.25, -0.2) is 0 Å². The lowest BCUT2D eigenvalue weighted by Gasteiger charge is -2.25. The number of hydrogen-bond donors (Lipinski definition) is 0. The molecule has 0 saturated carbocycles. The first-order valence-electron chi connectivity index (χ1n) is 10.3. The van der Waals surface area contributed by atoms with Crippen LogP contribution in [-0.4, -0.2) is 6.66 Å². The van der Waals surface area contributed by atoms with Crippen molar-refractivity contribution in [1.82, 2.24) is 0 Å². The Labute approximate surface area is 195 Å². The number of rotatable bonds is 4. The molecule has 0 fully saturated rings. The molecule has 0 aliphatic rings. The van der Waals surface area contributed by atoms with Crippen LogP contribution in [0.3, 0.4) is 0 Å². The third-order valence-corrected chi connectivity index (χ3v) is 10.0. The second-order valence-corrected chi connectivity index (χ2v) is 11.2. The van der Waals surface area contributed by atoms with Crippen molar-refractivity contribution in [3.8, 4) is 11.1 Å². The van der Waals surface area contributed by atoms with E-state index in [9.17, 15) is 0 Å². The van der Waals surface area contributed by atoms with Gasteiger partial charge in [0.05, 0.1) is 6.66 Å². The Kier molecular flexibility index (Phi) is 6.37. The molecular weight excluding hydrogens is 459 g/mol. The van der Waals surface area contributed by atoms with Gasteiger partial charge in [-0.1, -0.05) is 97.1 Å². The molecular formula is C29H24BrP. The highest BCUT2D eigenvalue weighted by Crippen LogP contribution is 2.53. The Morgan fingerprint density at radius 1 is 0.452 bits per heavy atom. The van der Waals surface area contributed by atoms with Gasteiger partial charge < -0.3 is 17.0 Å². The molecule has 0 radical (unpaired) electrons. The van der Waals surface area contributed by atoms with Gasteiger partial charge in [0.2, 0.25) is 0 Å². The van der Waals surface area contributed by atoms with Gasteiger partial charge in [-0.05, 0) is 46.7 Å². The summed E-state index contributed by atoms with van der Waals surface area (Å²) < 4.78 is 0. The van der Waals surface area contributed by atoms with Gasteiger partial charge in [0.15, 0.2) is 0 Å². The normalized spacial score (nSPS) is 11.1. The van der Waals surface area contributed by atoms with Crippen molar-refractivity contribution in [3.05, 3.63) is 127 Å². The summed E-state index contributed by atoms with van der Waals surface area (Å²) in [5.74, 6) is 0. The Balaban J connectivity index is 0.00000231. The maximum atomic E-state index is 2.46. The van der Waals surface area contributed by atoms with E-state index >= 15 is 0 Å². The maximum Gasteiger partial charge on any atom is 0.112 e. The van der Waals surface area contributed by atoms with E-state index in [1.807, 2.05) is 0 Å². The fourth-order valence-electron chi connectivity index (χ4n) is 4.43. The Bertz CT molecular complexity index is 1250. The molecule has 0 aliphatic carbocycles. The number of halogens is 1. The van der Waals surface area contributed by atoms with Crippen molar-refractivity contribution >= 4 is 33.9 Å². The maximum absolute atomic E-state index is 2.46. The van der Waals surface area contributed by atoms with Gasteiger partial charge in [-0.2, -0.15) is 0 Å². The molecule has 0 bridgehead atoms. The lowest BCUT2D eigenvalue weighted by Crippen LogP contribution is -3.00. The van der Waals surface area contributed by atoms with E-state index in [0.29, 0.717) is 0 Å². The van der Waals surface area contributed by atoms with Gasteiger partial charge in [0.25, 0.3) is 0 Å². The van der Waals surface area contributed by atoms with Gasteiger partial charge in [-0.15, -0.1) is 0 Å². The largest absolute Gasteiger partial charge is 1.00 e. The first-order valence-corrected chi connectivity index (χ1v) is 12.6. The number of benzene rings is 5. The minimum Gasteiger partial charge on any atom is -1.00 e. The zero-order valence-corrected chi connectivity index (χ0v) is 19.9. The van der Waals surface area contributed by atoms with Crippen LogP contribution in [-0.2, 0) is 0 Å². The topological polar surface area (TPSA) is 0 Å². The second-order valence-electron chi connectivity index (χ2n) is 7.72. The number of fused-ring (bicyclic) bond motifs is 1. The van der Waals surface area contributed by atoms with Crippen LogP contribution in [0.25, 0.3) is 21.9 Å². The van der Waals surface area contributed by atoms with Crippen LogP contribution < -0.4 is 32.9 Å². The molecule has 0 N–H and O–H groups in total. The van der Waals surface area contributed by atoms with Crippen LogP contribution in [0.2, 0.25) is 0 Å². The van der Waals surface area contributed by atoms with Gasteiger partial charge in [0.1, 0.15) is 23.2 Å². The van der Waals surface area contributed by atoms with Gasteiger partial charge >= 0.3 is 0 Å². The molecule has 0 heterocycles. The molecule has 0 aromatic heterocycles. The molecule has 152 valence electrons. The summed E-state index contributed by atoms with van der Waals surface area (Å²) in [6.45, 7) is 2.46. The lowest BCUT2D eigenvalue weighted by molar-refractivity contribution is -0.00000570. The van der Waals surface area contributed by atoms with Gasteiger partial charge in [-0.3, -0.25) is 0 Å². The predicted octanol–water partition coefficient (Wildman–Crippen LogP) is 3.43. The van der Waals surface area contributed by atoms with E-state index in [0.717, 1.165) is 0 Å². The molecule has 0 saturated heterocycles. The highest BCUT2D eigenvalue weighted by atomic mass is 79.9. The molecule has 0 amide bonds. The van der Waals surface area contributed by atoms with E-state index < -0.39 is 7.26 Å². The average Bonchev–Trinajstić information content (AvgIpc) is 2.84. The van der Waals surface area contributed by atoms with Crippen LogP contribution in [0.4, 0.5) is 0 Å². The van der Waals surface area contributed by atoms with Crippen molar-refractivity contribution in [3.63, 3.8) is 0 Å². The number of hydrogen-bond acceptors (Lipinski definition) is 0. The summed E-state index contributed by atoms with van der Waals surface area (Å²) in [7, 11) is -1.81. The van der Waals surface area contributed by atoms with Crippen LogP contribution in [0, 0.1) is 0 Å². The fourth-order valence-corrected chi connectivity index (χ4v) is 7.88. The third-order valence-electron chi connectivity index (χ3n) is 6.01. The summed E-state index contributed by atoms with van der Waals surface area (Å²) in [5, 5.41) is 6.83. The lowest BCUT2D eigenvalue weighted by atomic mass is 9.98. The van der Waals surface area contributed by atoms with Crippen LogP contribution in [0.5, 0.6) is 0 Å². The second kappa shape index (κ2) is 9.18. The van der Waals surface area contributed by atoms with E-state index in [-0.39, 0.29) is 17.0 Å². The van der Waals surface area contributed by atoms with Crippen LogP contribution >= 0.6 is 7.26 Å². The quantitative estimate of drug-likeness (QED) is 0.344. The molecule has 0 spiro atoms. The molecule has 0 atom stereocenters. The molecule has 0 aliphatic heterocycles. The molecule has 0 unspecified atom stereocenters. The monoisotopic (exact) mass is 482 g/mol. The minimum atomic E-state index is -1.81. The first-order chi connectivity index (χ1) is 14.8. The van der Waals surface area contributed by atoms with Crippen molar-refractivity contribution in [2.45, 2.75) is 0 Å². The highest BCUT2D eigenvalue weighted by Gasteiger charge is 2.42. The van der Waals surface area contributed by atoms with E-state index in [2.05, 4.69) is 134 Å². The molecule has 5 aromatic carbocycles. The molecule has 5 aromatic rings. The molecule has 5 rings (SSSR count). The molecule has 0 nitrogen and oxygen atoms in total. The SMILES string of the molecule is C[P+](c1ccccc1)(c1ccccc1)c1ccccc1-c1cccc2ccccc12.[Br-]. The first kappa shape index (κ1) is 21.5. The van der Waals surface area contributed by atoms with Crippen LogP contribution in [0.15, 0.2) is 127 Å². The van der Waals surface area contributed by atoms with Crippen molar-refractivity contribution in [1.29, 1.82) is 0 Å². The molecule has 31 heavy (non-hydrogen) atoms. The van der Waals surface area contributed by atoms with Crippen molar-refractivity contribution in [2.75, 3.05) is 6.66 Å². The summed E-state index contributed by atoms with van der Waals surface area (Å²) in [6.07, 6.45) is 0. The van der Waals surface area contributed by atoms with E-state index in [1.54, 1.807) is 0 Å². The smallest absolute Gasteiger partial charge is 0.112 e. The summed E-state index contributed by atoms with van der Waals surface area (Å²) in [5.41, 5.74) is 2.64. The van der Waals surface area contributed by atoms with Crippen molar-refractivity contribution in [2.24, 2.45) is 0 Å². The predicted molar refractivity (Wildman–Crippen MR) is 134 cm³/mol. The Morgan fingerprint density at radius 2 is 0.935 bits per heavy atom. The standard InChI is InChI=1S/C29H24P.BrH/c1-30(24-15-4-2-5-16-24,25-17-6-3-7-18-25)29-22-11-10-20-28(29)27-21-12-14-23-13-8-9-19-26(23)27;/h2-22H,1H3;1H/q+1;/p-1. The summed E-state index contributed by atoms with van der Waals surface area (Å²) >= 11 is 0. The van der Waals surface area contributed by atoms with Crippen LogP contribution in [0.1, 0.15) is 0 Å². The molecule has 2 heteroatoms. The Hall–Kier alpha value is -2.73. The van der Waals surface area contributed by atoms with Gasteiger partial charge in [0, 0.05) is 5.56 Å². The van der Waals surface area contributed by atoms with E-state index in [4.69, 9.17) is 0 Å². The average molecular weight is 483 g/mol. The van der Waals surface area contributed by atoms with Crippen molar-refractivity contribution < 1.29 is 17.0 Å². The zero-order chi connectivity index (χ0) is 20.4. The zero-order valence-electron chi connectivity index (χ0n) is 17.4. The third kappa shape index (κ3) is 3.85. The minimum absolute atomic E-state index is 0. The highest BCUT2D eigenvalue weighted by molar-refractivity contribution is 7.95. The summed E-state index contributed by atoms with van der Waals surface area (Å²) in [6, 6.07) is 46.4.